The summed E-state index contributed by atoms with van der Waals surface area (Å²) in [7, 11) is 0. The Kier molecular flexibility index (Phi) is 5.68. The standard InChI is InChI=1S/C18H15Cl2N3O2/c19-13-3-1-4-14(20)12(13)6-7-17(24)23-11-15-18(22-9-8-21-15)16-5-2-10-25-16/h1-5,8-10H,6-7,11H2,(H,23,24). The molecule has 2 aromatic heterocycles. The maximum absolute atomic E-state index is 12.1. The van der Waals surface area contributed by atoms with E-state index in [4.69, 9.17) is 27.6 Å². The molecule has 0 aliphatic rings. The third-order valence-corrected chi connectivity index (χ3v) is 4.35. The van der Waals surface area contributed by atoms with Crippen molar-refractivity contribution in [3.8, 4) is 11.5 Å². The lowest BCUT2D eigenvalue weighted by Crippen LogP contribution is -2.24. The Morgan fingerprint density at radius 3 is 2.56 bits per heavy atom. The molecule has 0 bridgehead atoms. The second kappa shape index (κ2) is 8.14. The van der Waals surface area contributed by atoms with E-state index in [1.54, 1.807) is 49.0 Å². The quantitative estimate of drug-likeness (QED) is 0.697. The van der Waals surface area contributed by atoms with Crippen LogP contribution < -0.4 is 5.32 Å². The number of hydrogen-bond donors (Lipinski definition) is 1. The first-order valence-corrected chi connectivity index (χ1v) is 8.44. The van der Waals surface area contributed by atoms with Crippen molar-refractivity contribution in [1.82, 2.24) is 15.3 Å². The summed E-state index contributed by atoms with van der Waals surface area (Å²) in [6.07, 6.45) is 5.48. The minimum absolute atomic E-state index is 0.118. The van der Waals surface area contributed by atoms with Crippen LogP contribution in [0.4, 0.5) is 0 Å². The smallest absolute Gasteiger partial charge is 0.220 e. The van der Waals surface area contributed by atoms with E-state index in [9.17, 15) is 4.79 Å². The van der Waals surface area contributed by atoms with Crippen LogP contribution in [0.25, 0.3) is 11.5 Å². The predicted molar refractivity (Wildman–Crippen MR) is 96.4 cm³/mol. The highest BCUT2D eigenvalue weighted by atomic mass is 35.5. The first-order chi connectivity index (χ1) is 12.1. The molecule has 5 nitrogen and oxygen atoms in total. The Morgan fingerprint density at radius 1 is 1.08 bits per heavy atom. The van der Waals surface area contributed by atoms with Crippen molar-refractivity contribution in [3.05, 3.63) is 70.3 Å². The molecule has 2 heterocycles. The summed E-state index contributed by atoms with van der Waals surface area (Å²) in [5.41, 5.74) is 2.03. The number of rotatable bonds is 6. The summed E-state index contributed by atoms with van der Waals surface area (Å²) >= 11 is 12.2. The maximum Gasteiger partial charge on any atom is 0.220 e. The minimum Gasteiger partial charge on any atom is -0.463 e. The number of nitrogens with zero attached hydrogens (tertiary/aromatic N) is 2. The van der Waals surface area contributed by atoms with E-state index in [0.29, 0.717) is 33.6 Å². The molecule has 3 aromatic rings. The molecule has 0 atom stereocenters. The van der Waals surface area contributed by atoms with Crippen molar-refractivity contribution in [2.24, 2.45) is 0 Å². The molecule has 3 rings (SSSR count). The zero-order valence-electron chi connectivity index (χ0n) is 13.2. The number of halogens is 2. The molecule has 0 aliphatic carbocycles. The Balaban J connectivity index is 1.60. The van der Waals surface area contributed by atoms with Gasteiger partial charge in [0.15, 0.2) is 5.76 Å². The zero-order chi connectivity index (χ0) is 17.6. The van der Waals surface area contributed by atoms with Gasteiger partial charge in [-0.05, 0) is 36.2 Å². The second-order valence-corrected chi connectivity index (χ2v) is 6.12. The van der Waals surface area contributed by atoms with Crippen LogP contribution in [0.2, 0.25) is 10.0 Å². The summed E-state index contributed by atoms with van der Waals surface area (Å²) in [6, 6.07) is 8.87. The van der Waals surface area contributed by atoms with E-state index in [2.05, 4.69) is 15.3 Å². The molecule has 0 saturated heterocycles. The van der Waals surface area contributed by atoms with Gasteiger partial charge < -0.3 is 9.73 Å². The normalized spacial score (nSPS) is 10.6. The Labute approximate surface area is 155 Å². The van der Waals surface area contributed by atoms with Gasteiger partial charge in [-0.2, -0.15) is 0 Å². The van der Waals surface area contributed by atoms with E-state index in [-0.39, 0.29) is 18.9 Å². The number of nitrogens with one attached hydrogen (secondary N) is 1. The lowest BCUT2D eigenvalue weighted by molar-refractivity contribution is -0.121. The van der Waals surface area contributed by atoms with Gasteiger partial charge in [0.25, 0.3) is 0 Å². The van der Waals surface area contributed by atoms with Gasteiger partial charge in [0.05, 0.1) is 18.5 Å². The molecule has 0 fully saturated rings. The molecule has 0 aliphatic heterocycles. The van der Waals surface area contributed by atoms with Crippen LogP contribution in [0.5, 0.6) is 0 Å². The average molecular weight is 376 g/mol. The molecule has 0 radical (unpaired) electrons. The molecular formula is C18H15Cl2N3O2. The summed E-state index contributed by atoms with van der Waals surface area (Å²) in [4.78, 5) is 20.7. The highest BCUT2D eigenvalue weighted by molar-refractivity contribution is 6.36. The fourth-order valence-corrected chi connectivity index (χ4v) is 2.98. The van der Waals surface area contributed by atoms with Gasteiger partial charge in [0, 0.05) is 28.9 Å². The van der Waals surface area contributed by atoms with E-state index in [1.165, 1.54) is 0 Å². The molecule has 1 aromatic carbocycles. The van der Waals surface area contributed by atoms with Crippen LogP contribution in [0.1, 0.15) is 17.7 Å². The second-order valence-electron chi connectivity index (χ2n) is 5.31. The van der Waals surface area contributed by atoms with Crippen LogP contribution >= 0.6 is 23.2 Å². The van der Waals surface area contributed by atoms with E-state index in [0.717, 1.165) is 5.56 Å². The Morgan fingerprint density at radius 2 is 1.84 bits per heavy atom. The number of benzene rings is 1. The van der Waals surface area contributed by atoms with Crippen molar-refractivity contribution in [3.63, 3.8) is 0 Å². The van der Waals surface area contributed by atoms with E-state index >= 15 is 0 Å². The number of amides is 1. The summed E-state index contributed by atoms with van der Waals surface area (Å²) < 4.78 is 5.35. The third kappa shape index (κ3) is 4.38. The highest BCUT2D eigenvalue weighted by Gasteiger charge is 2.12. The first-order valence-electron chi connectivity index (χ1n) is 7.68. The monoisotopic (exact) mass is 375 g/mol. The topological polar surface area (TPSA) is 68.0 Å². The van der Waals surface area contributed by atoms with Gasteiger partial charge in [-0.25, -0.2) is 4.98 Å². The van der Waals surface area contributed by atoms with Crippen molar-refractivity contribution in [2.45, 2.75) is 19.4 Å². The van der Waals surface area contributed by atoms with E-state index in [1.807, 2.05) is 0 Å². The molecule has 0 unspecified atom stereocenters. The van der Waals surface area contributed by atoms with Crippen molar-refractivity contribution in [2.75, 3.05) is 0 Å². The Bertz CT molecular complexity index is 846. The molecule has 7 heteroatoms. The number of hydrogen-bond acceptors (Lipinski definition) is 4. The fraction of sp³-hybridized carbons (Fsp3) is 0.167. The molecular weight excluding hydrogens is 361 g/mol. The largest absolute Gasteiger partial charge is 0.463 e. The molecule has 25 heavy (non-hydrogen) atoms. The summed E-state index contributed by atoms with van der Waals surface area (Å²) in [5, 5.41) is 3.97. The Hall–Kier alpha value is -2.37. The summed E-state index contributed by atoms with van der Waals surface area (Å²) in [6.45, 7) is 0.263. The van der Waals surface area contributed by atoms with Crippen molar-refractivity contribution < 1.29 is 9.21 Å². The van der Waals surface area contributed by atoms with Crippen LogP contribution in [0.15, 0.2) is 53.4 Å². The van der Waals surface area contributed by atoms with Crippen molar-refractivity contribution >= 4 is 29.1 Å². The number of carbonyl (C=O) groups excluding carboxylic acids is 1. The third-order valence-electron chi connectivity index (χ3n) is 3.65. The van der Waals surface area contributed by atoms with Gasteiger partial charge >= 0.3 is 0 Å². The van der Waals surface area contributed by atoms with Gasteiger partial charge in [-0.1, -0.05) is 29.3 Å². The molecule has 1 N–H and O–H groups in total. The van der Waals surface area contributed by atoms with Crippen LogP contribution in [-0.4, -0.2) is 15.9 Å². The molecule has 128 valence electrons. The lowest BCUT2D eigenvalue weighted by atomic mass is 10.1. The summed E-state index contributed by atoms with van der Waals surface area (Å²) in [5.74, 6) is 0.493. The van der Waals surface area contributed by atoms with Crippen LogP contribution in [0.3, 0.4) is 0 Å². The van der Waals surface area contributed by atoms with E-state index < -0.39 is 0 Å². The molecule has 0 saturated carbocycles. The zero-order valence-corrected chi connectivity index (χ0v) is 14.7. The van der Waals surface area contributed by atoms with Gasteiger partial charge in [0.1, 0.15) is 5.69 Å². The minimum atomic E-state index is -0.118. The fourth-order valence-electron chi connectivity index (χ4n) is 2.40. The average Bonchev–Trinajstić information content (AvgIpc) is 3.14. The number of aromatic nitrogens is 2. The van der Waals surface area contributed by atoms with Gasteiger partial charge in [-0.15, -0.1) is 0 Å². The van der Waals surface area contributed by atoms with Gasteiger partial charge in [0.2, 0.25) is 5.91 Å². The first kappa shape index (κ1) is 17.5. The maximum atomic E-state index is 12.1. The van der Waals surface area contributed by atoms with Crippen LogP contribution in [-0.2, 0) is 17.8 Å². The number of furan rings is 1. The predicted octanol–water partition coefficient (Wildman–Crippen LogP) is 4.29. The molecule has 0 spiro atoms. The number of carbonyl (C=O) groups is 1. The lowest BCUT2D eigenvalue weighted by Gasteiger charge is -2.09. The van der Waals surface area contributed by atoms with Crippen LogP contribution in [0, 0.1) is 0 Å². The SMILES string of the molecule is O=C(CCc1c(Cl)cccc1Cl)NCc1nccnc1-c1ccco1. The highest BCUT2D eigenvalue weighted by Crippen LogP contribution is 2.25. The van der Waals surface area contributed by atoms with Crippen molar-refractivity contribution in [1.29, 1.82) is 0 Å². The van der Waals surface area contributed by atoms with Gasteiger partial charge in [-0.3, -0.25) is 9.78 Å². The molecule has 1 amide bonds.